The van der Waals surface area contributed by atoms with Crippen molar-refractivity contribution in [1.82, 2.24) is 9.97 Å². The van der Waals surface area contributed by atoms with Crippen LogP contribution in [0.4, 0.5) is 11.5 Å². The van der Waals surface area contributed by atoms with Crippen LogP contribution in [0.2, 0.25) is 0 Å². The summed E-state index contributed by atoms with van der Waals surface area (Å²) in [7, 11) is 0. The number of rotatable bonds is 5. The molecule has 26 heavy (non-hydrogen) atoms. The molecule has 0 atom stereocenters. The van der Waals surface area contributed by atoms with E-state index in [-0.39, 0.29) is 6.79 Å². The second-order valence-corrected chi connectivity index (χ2v) is 6.96. The van der Waals surface area contributed by atoms with Crippen molar-refractivity contribution in [2.45, 2.75) is 23.4 Å². The van der Waals surface area contributed by atoms with Gasteiger partial charge in [0.2, 0.25) is 6.79 Å². The number of nitrogen functional groups attached to an aromatic ring is 1. The van der Waals surface area contributed by atoms with Gasteiger partial charge in [-0.3, -0.25) is 0 Å². The number of benzene rings is 2. The SMILES string of the molecule is Cc1ccc(Sc2ncnc(NCc3ccc4c(c3)OCO4)c2N)cc1. The van der Waals surface area contributed by atoms with Crippen molar-refractivity contribution in [3.8, 4) is 11.5 Å². The van der Waals surface area contributed by atoms with Gasteiger partial charge in [0.15, 0.2) is 17.3 Å². The van der Waals surface area contributed by atoms with E-state index in [1.54, 1.807) is 0 Å². The Hall–Kier alpha value is -2.93. The number of nitrogens with zero attached hydrogens (tertiary/aromatic N) is 2. The van der Waals surface area contributed by atoms with Gasteiger partial charge in [-0.05, 0) is 36.8 Å². The highest BCUT2D eigenvalue weighted by Crippen LogP contribution is 2.34. The van der Waals surface area contributed by atoms with E-state index in [1.165, 1.54) is 23.7 Å². The van der Waals surface area contributed by atoms with Gasteiger partial charge < -0.3 is 20.5 Å². The van der Waals surface area contributed by atoms with Crippen LogP contribution in [0.3, 0.4) is 0 Å². The summed E-state index contributed by atoms with van der Waals surface area (Å²) in [6.07, 6.45) is 1.52. The van der Waals surface area contributed by atoms with E-state index in [0.717, 1.165) is 27.0 Å². The van der Waals surface area contributed by atoms with Crippen molar-refractivity contribution in [1.29, 1.82) is 0 Å². The molecule has 0 saturated heterocycles. The highest BCUT2D eigenvalue weighted by atomic mass is 32.2. The molecule has 132 valence electrons. The van der Waals surface area contributed by atoms with Crippen LogP contribution in [-0.4, -0.2) is 16.8 Å². The first-order chi connectivity index (χ1) is 12.7. The fraction of sp³-hybridized carbons (Fsp3) is 0.158. The summed E-state index contributed by atoms with van der Waals surface area (Å²) in [4.78, 5) is 9.66. The third kappa shape index (κ3) is 3.52. The van der Waals surface area contributed by atoms with E-state index in [4.69, 9.17) is 15.2 Å². The molecule has 0 amide bonds. The van der Waals surface area contributed by atoms with Crippen LogP contribution in [0.25, 0.3) is 0 Å². The Kier molecular flexibility index (Phi) is 4.53. The van der Waals surface area contributed by atoms with Gasteiger partial charge in [0.05, 0.1) is 0 Å². The quantitative estimate of drug-likeness (QED) is 0.664. The second-order valence-electron chi connectivity index (χ2n) is 5.90. The van der Waals surface area contributed by atoms with Crippen LogP contribution >= 0.6 is 11.8 Å². The van der Waals surface area contributed by atoms with Crippen LogP contribution in [0.1, 0.15) is 11.1 Å². The number of hydrogen-bond donors (Lipinski definition) is 2. The van der Waals surface area contributed by atoms with Crippen molar-refractivity contribution in [2.75, 3.05) is 17.8 Å². The highest BCUT2D eigenvalue weighted by Gasteiger charge is 2.14. The Bertz CT molecular complexity index is 931. The number of anilines is 2. The van der Waals surface area contributed by atoms with Crippen molar-refractivity contribution in [3.05, 3.63) is 59.9 Å². The van der Waals surface area contributed by atoms with Crippen molar-refractivity contribution in [3.63, 3.8) is 0 Å². The molecule has 3 N–H and O–H groups in total. The first-order valence-electron chi connectivity index (χ1n) is 8.16. The van der Waals surface area contributed by atoms with Crippen LogP contribution < -0.4 is 20.5 Å². The van der Waals surface area contributed by atoms with Crippen molar-refractivity contribution >= 4 is 23.3 Å². The van der Waals surface area contributed by atoms with Crippen LogP contribution in [-0.2, 0) is 6.54 Å². The van der Waals surface area contributed by atoms with Crippen LogP contribution in [0.15, 0.2) is 58.7 Å². The first-order valence-corrected chi connectivity index (χ1v) is 8.98. The Labute approximate surface area is 155 Å². The molecule has 4 rings (SSSR count). The van der Waals surface area contributed by atoms with Crippen LogP contribution in [0.5, 0.6) is 11.5 Å². The number of aryl methyl sites for hydroxylation is 1. The van der Waals surface area contributed by atoms with E-state index in [1.807, 2.05) is 18.2 Å². The average molecular weight is 366 g/mol. The monoisotopic (exact) mass is 366 g/mol. The predicted octanol–water partition coefficient (Wildman–Crippen LogP) is 3.86. The minimum Gasteiger partial charge on any atom is -0.454 e. The Morgan fingerprint density at radius 1 is 1.08 bits per heavy atom. The average Bonchev–Trinajstić information content (AvgIpc) is 3.12. The molecule has 1 aromatic heterocycles. The lowest BCUT2D eigenvalue weighted by Crippen LogP contribution is -2.06. The lowest BCUT2D eigenvalue weighted by Gasteiger charge is -2.11. The maximum Gasteiger partial charge on any atom is 0.231 e. The normalized spacial score (nSPS) is 12.2. The fourth-order valence-corrected chi connectivity index (χ4v) is 3.36. The standard InChI is InChI=1S/C19H18N4O2S/c1-12-2-5-14(6-3-12)26-19-17(20)18(22-10-23-19)21-9-13-4-7-15-16(8-13)25-11-24-15/h2-8,10H,9,11,20H2,1H3,(H,21,22,23). The van der Waals surface area contributed by atoms with Gasteiger partial charge in [-0.15, -0.1) is 0 Å². The number of hydrogen-bond acceptors (Lipinski definition) is 7. The molecule has 6 nitrogen and oxygen atoms in total. The molecule has 0 saturated carbocycles. The van der Waals surface area contributed by atoms with E-state index in [9.17, 15) is 0 Å². The molecular formula is C19H18N4O2S. The Balaban J connectivity index is 1.47. The molecular weight excluding hydrogens is 348 g/mol. The zero-order valence-electron chi connectivity index (χ0n) is 14.2. The predicted molar refractivity (Wildman–Crippen MR) is 102 cm³/mol. The molecule has 0 bridgehead atoms. The molecule has 1 aliphatic heterocycles. The van der Waals surface area contributed by atoms with Gasteiger partial charge in [-0.2, -0.15) is 0 Å². The third-order valence-corrected chi connectivity index (χ3v) is 5.01. The number of ether oxygens (including phenoxy) is 2. The molecule has 3 aromatic rings. The van der Waals surface area contributed by atoms with Gasteiger partial charge in [-0.1, -0.05) is 35.5 Å². The molecule has 0 radical (unpaired) electrons. The Morgan fingerprint density at radius 3 is 2.73 bits per heavy atom. The van der Waals surface area contributed by atoms with Gasteiger partial charge in [0, 0.05) is 11.4 Å². The van der Waals surface area contributed by atoms with E-state index >= 15 is 0 Å². The lowest BCUT2D eigenvalue weighted by atomic mass is 10.2. The first kappa shape index (κ1) is 16.5. The van der Waals surface area contributed by atoms with E-state index in [0.29, 0.717) is 18.1 Å². The zero-order chi connectivity index (χ0) is 17.9. The largest absolute Gasteiger partial charge is 0.454 e. The molecule has 0 aliphatic carbocycles. The molecule has 7 heteroatoms. The molecule has 0 unspecified atom stereocenters. The third-order valence-electron chi connectivity index (χ3n) is 3.98. The van der Waals surface area contributed by atoms with Crippen molar-refractivity contribution < 1.29 is 9.47 Å². The number of nitrogens with one attached hydrogen (secondary N) is 1. The maximum atomic E-state index is 6.26. The van der Waals surface area contributed by atoms with Gasteiger partial charge in [-0.25, -0.2) is 9.97 Å². The van der Waals surface area contributed by atoms with Gasteiger partial charge in [0.1, 0.15) is 17.0 Å². The number of nitrogens with two attached hydrogens (primary N) is 1. The van der Waals surface area contributed by atoms with Crippen molar-refractivity contribution in [2.24, 2.45) is 0 Å². The summed E-state index contributed by atoms with van der Waals surface area (Å²) in [5.41, 5.74) is 9.08. The molecule has 0 fully saturated rings. The van der Waals surface area contributed by atoms with Gasteiger partial charge in [0.25, 0.3) is 0 Å². The minimum absolute atomic E-state index is 0.269. The van der Waals surface area contributed by atoms with E-state index < -0.39 is 0 Å². The van der Waals surface area contributed by atoms with Gasteiger partial charge >= 0.3 is 0 Å². The number of fused-ring (bicyclic) bond motifs is 1. The zero-order valence-corrected chi connectivity index (χ0v) is 15.0. The summed E-state index contributed by atoms with van der Waals surface area (Å²) in [5, 5.41) is 4.00. The summed E-state index contributed by atoms with van der Waals surface area (Å²) in [6.45, 7) is 2.91. The smallest absolute Gasteiger partial charge is 0.231 e. The minimum atomic E-state index is 0.269. The summed E-state index contributed by atoms with van der Waals surface area (Å²) in [6, 6.07) is 14.1. The fourth-order valence-electron chi connectivity index (χ4n) is 2.56. The van der Waals surface area contributed by atoms with E-state index in [2.05, 4.69) is 46.5 Å². The summed E-state index contributed by atoms with van der Waals surface area (Å²) in [5.74, 6) is 2.15. The maximum absolute atomic E-state index is 6.26. The highest BCUT2D eigenvalue weighted by molar-refractivity contribution is 7.99. The van der Waals surface area contributed by atoms with Crippen LogP contribution in [0, 0.1) is 6.92 Å². The molecule has 1 aliphatic rings. The topological polar surface area (TPSA) is 82.3 Å². The Morgan fingerprint density at radius 2 is 1.88 bits per heavy atom. The second kappa shape index (κ2) is 7.13. The summed E-state index contributed by atoms with van der Waals surface area (Å²) >= 11 is 1.52. The number of aromatic nitrogens is 2. The molecule has 2 heterocycles. The molecule has 2 aromatic carbocycles. The lowest BCUT2D eigenvalue weighted by molar-refractivity contribution is 0.174. The summed E-state index contributed by atoms with van der Waals surface area (Å²) < 4.78 is 10.7. The molecule has 0 spiro atoms.